The molecule has 0 aliphatic heterocycles. The lowest BCUT2D eigenvalue weighted by molar-refractivity contribution is -0.362. The van der Waals surface area contributed by atoms with Gasteiger partial charge in [0.2, 0.25) is 0 Å². The summed E-state index contributed by atoms with van der Waals surface area (Å²) in [7, 11) is 0. The number of amides is 2. The van der Waals surface area contributed by atoms with Crippen LogP contribution in [0, 0.1) is 17.3 Å². The monoisotopic (exact) mass is 670 g/mol. The van der Waals surface area contributed by atoms with Crippen LogP contribution in [0.25, 0.3) is 0 Å². The Kier molecular flexibility index (Phi) is 8.45. The van der Waals surface area contributed by atoms with Gasteiger partial charge in [0.1, 0.15) is 5.60 Å². The maximum atomic E-state index is 15.2. The number of fused-ring (bicyclic) bond motifs is 4. The summed E-state index contributed by atoms with van der Waals surface area (Å²) in [6.07, 6.45) is -2.97. The predicted molar refractivity (Wildman–Crippen MR) is 174 cm³/mol. The largest absolute Gasteiger partial charge is 0.456 e. The molecule has 2 fully saturated rings. The highest BCUT2D eigenvalue weighted by molar-refractivity contribution is 5.93. The number of allylic oxidation sites excluding steroid dienone is 4. The molecule has 3 N–H and O–H groups in total. The van der Waals surface area contributed by atoms with Crippen LogP contribution in [-0.2, 0) is 16.8 Å². The summed E-state index contributed by atoms with van der Waals surface area (Å²) in [5.41, 5.74) is 1.32. The van der Waals surface area contributed by atoms with Crippen LogP contribution < -0.4 is 10.6 Å². The van der Waals surface area contributed by atoms with Crippen LogP contribution in [-0.4, -0.2) is 34.6 Å². The Hall–Kier alpha value is -3.53. The molecule has 0 heterocycles. The standard InChI is InChI=1S/C38H43F5N2O3/c1-34(2,3)25-10-12-26(13-11-25)45-33(47)44-21-22-5-7-23(8-6-22)30-20-35(4)31(17-18-36(35,48)37(39,40)38(41,42)43)29-15-9-24-19-27(46)14-16-28(24)32(29)30/h5-8,10-13,19,29-31,48H,9,14-18,20-21H2,1-4H3,(H2,44,45,47)/t29?,30-,31?,35+,36+/m1/s1. The molecule has 6 rings (SSSR count). The first-order valence-corrected chi connectivity index (χ1v) is 16.7. The number of ketones is 1. The molecule has 0 aromatic heterocycles. The quantitative estimate of drug-likeness (QED) is 0.278. The zero-order chi connectivity index (χ0) is 34.9. The van der Waals surface area contributed by atoms with Gasteiger partial charge in [0.05, 0.1) is 0 Å². The summed E-state index contributed by atoms with van der Waals surface area (Å²) in [4.78, 5) is 24.9. The lowest BCUT2D eigenvalue weighted by Crippen LogP contribution is -2.65. The Morgan fingerprint density at radius 1 is 0.938 bits per heavy atom. The molecule has 0 saturated heterocycles. The van der Waals surface area contributed by atoms with E-state index in [-0.39, 0.29) is 42.5 Å². The fourth-order valence-corrected chi connectivity index (χ4v) is 8.99. The average molecular weight is 671 g/mol. The first-order chi connectivity index (χ1) is 22.4. The Morgan fingerprint density at radius 2 is 1.60 bits per heavy atom. The third-order valence-corrected chi connectivity index (χ3v) is 11.6. The van der Waals surface area contributed by atoms with Crippen molar-refractivity contribution < 1.29 is 36.6 Å². The van der Waals surface area contributed by atoms with Crippen LogP contribution in [0.2, 0.25) is 0 Å². The molecular weight excluding hydrogens is 627 g/mol. The van der Waals surface area contributed by atoms with Gasteiger partial charge in [-0.2, -0.15) is 22.0 Å². The number of rotatable bonds is 5. The van der Waals surface area contributed by atoms with Crippen LogP contribution in [0.5, 0.6) is 0 Å². The summed E-state index contributed by atoms with van der Waals surface area (Å²) >= 11 is 0. The van der Waals surface area contributed by atoms with Gasteiger partial charge in [-0.25, -0.2) is 4.79 Å². The lowest BCUT2D eigenvalue weighted by Gasteiger charge is -2.56. The van der Waals surface area contributed by atoms with E-state index in [9.17, 15) is 27.9 Å². The third-order valence-electron chi connectivity index (χ3n) is 11.6. The maximum Gasteiger partial charge on any atom is 0.456 e. The number of nitrogens with one attached hydrogen (secondary N) is 2. The van der Waals surface area contributed by atoms with Crippen LogP contribution >= 0.6 is 0 Å². The number of urea groups is 1. The molecular formula is C38H43F5N2O3. The van der Waals surface area contributed by atoms with Crippen molar-refractivity contribution in [2.24, 2.45) is 17.3 Å². The number of benzene rings is 2. The lowest BCUT2D eigenvalue weighted by atomic mass is 9.50. The van der Waals surface area contributed by atoms with Gasteiger partial charge in [0, 0.05) is 30.0 Å². The van der Waals surface area contributed by atoms with Gasteiger partial charge in [-0.1, -0.05) is 69.7 Å². The summed E-state index contributed by atoms with van der Waals surface area (Å²) in [6.45, 7) is 7.95. The van der Waals surface area contributed by atoms with Crippen molar-refractivity contribution in [1.82, 2.24) is 5.32 Å². The minimum Gasteiger partial charge on any atom is -0.383 e. The number of halogens is 5. The molecule has 5 nitrogen and oxygen atoms in total. The second kappa shape index (κ2) is 11.8. The molecule has 2 aromatic carbocycles. The SMILES string of the molecule is CC(C)(C)c1ccc(NC(=O)NCc2ccc([C@H]3C[C@@]4(C)C(CC[C@@]4(O)C(F)(F)C(F)(F)F)C4CCC5=CC(=O)CCC5=C43)cc2)cc1. The first-order valence-electron chi connectivity index (χ1n) is 16.7. The van der Waals surface area contributed by atoms with Gasteiger partial charge in [0.25, 0.3) is 0 Å². The summed E-state index contributed by atoms with van der Waals surface area (Å²) in [6, 6.07) is 14.5. The fraction of sp³-hybridized carbons (Fsp3) is 0.526. The number of carbonyl (C=O) groups excluding carboxylic acids is 2. The Bertz CT molecular complexity index is 1650. The topological polar surface area (TPSA) is 78.4 Å². The van der Waals surface area contributed by atoms with E-state index in [1.54, 1.807) is 6.08 Å². The Morgan fingerprint density at radius 3 is 2.23 bits per heavy atom. The highest BCUT2D eigenvalue weighted by Crippen LogP contribution is 2.70. The molecule has 0 radical (unpaired) electrons. The zero-order valence-corrected chi connectivity index (χ0v) is 27.7. The van der Waals surface area contributed by atoms with Crippen LogP contribution in [0.4, 0.5) is 32.4 Å². The van der Waals surface area contributed by atoms with Gasteiger partial charge in [0.15, 0.2) is 5.78 Å². The molecule has 10 heteroatoms. The molecule has 0 spiro atoms. The highest BCUT2D eigenvalue weighted by Gasteiger charge is 2.79. The third kappa shape index (κ3) is 5.67. The normalized spacial score (nSPS) is 29.1. The van der Waals surface area contributed by atoms with E-state index in [1.165, 1.54) is 6.92 Å². The molecule has 2 unspecified atom stereocenters. The number of carbonyl (C=O) groups is 2. The highest BCUT2D eigenvalue weighted by atomic mass is 19.4. The number of anilines is 1. The Balaban J connectivity index is 1.27. The molecule has 2 aromatic rings. The van der Waals surface area contributed by atoms with Crippen molar-refractivity contribution in [3.05, 3.63) is 88.0 Å². The van der Waals surface area contributed by atoms with Crippen molar-refractivity contribution >= 4 is 17.5 Å². The minimum absolute atomic E-state index is 0.0139. The minimum atomic E-state index is -5.89. The number of aliphatic hydroxyl groups is 1. The van der Waals surface area contributed by atoms with E-state index in [1.807, 2.05) is 48.5 Å². The van der Waals surface area contributed by atoms with E-state index in [0.29, 0.717) is 31.4 Å². The van der Waals surface area contributed by atoms with Crippen molar-refractivity contribution in [3.8, 4) is 0 Å². The molecule has 5 atom stereocenters. The van der Waals surface area contributed by atoms with E-state index < -0.39 is 41.4 Å². The molecule has 2 saturated carbocycles. The van der Waals surface area contributed by atoms with E-state index >= 15 is 8.78 Å². The van der Waals surface area contributed by atoms with Crippen LogP contribution in [0.15, 0.2) is 71.3 Å². The van der Waals surface area contributed by atoms with Crippen LogP contribution in [0.3, 0.4) is 0 Å². The molecule has 4 aliphatic carbocycles. The van der Waals surface area contributed by atoms with Crippen molar-refractivity contribution in [3.63, 3.8) is 0 Å². The van der Waals surface area contributed by atoms with Crippen molar-refractivity contribution in [1.29, 1.82) is 0 Å². The summed E-state index contributed by atoms with van der Waals surface area (Å²) in [5.74, 6) is -6.60. The number of hydrogen-bond donors (Lipinski definition) is 3. The second-order valence-corrected chi connectivity index (χ2v) is 15.3. The van der Waals surface area contributed by atoms with Gasteiger partial charge in [-0.3, -0.25) is 4.79 Å². The maximum absolute atomic E-state index is 15.2. The molecule has 258 valence electrons. The fourth-order valence-electron chi connectivity index (χ4n) is 8.99. The smallest absolute Gasteiger partial charge is 0.383 e. The molecule has 48 heavy (non-hydrogen) atoms. The molecule has 4 aliphatic rings. The molecule has 2 amide bonds. The van der Waals surface area contributed by atoms with Crippen molar-refractivity contribution in [2.45, 2.75) is 108 Å². The number of alkyl halides is 5. The van der Waals surface area contributed by atoms with Gasteiger partial charge < -0.3 is 15.7 Å². The van der Waals surface area contributed by atoms with Gasteiger partial charge in [-0.05, 0) is 102 Å². The summed E-state index contributed by atoms with van der Waals surface area (Å²) < 4.78 is 72.0. The first kappa shape index (κ1) is 34.3. The number of hydrogen-bond acceptors (Lipinski definition) is 3. The average Bonchev–Trinajstić information content (AvgIpc) is 3.30. The summed E-state index contributed by atoms with van der Waals surface area (Å²) in [5, 5.41) is 17.1. The second-order valence-electron chi connectivity index (χ2n) is 15.3. The van der Waals surface area contributed by atoms with E-state index in [4.69, 9.17) is 0 Å². The van der Waals surface area contributed by atoms with E-state index in [0.717, 1.165) is 33.4 Å². The van der Waals surface area contributed by atoms with E-state index in [2.05, 4.69) is 31.4 Å². The Labute approximate surface area is 278 Å². The zero-order valence-electron chi connectivity index (χ0n) is 27.7. The van der Waals surface area contributed by atoms with Gasteiger partial charge in [-0.15, -0.1) is 0 Å². The molecule has 0 bridgehead atoms. The van der Waals surface area contributed by atoms with Crippen LogP contribution in [0.1, 0.15) is 95.2 Å². The van der Waals surface area contributed by atoms with Crippen molar-refractivity contribution in [2.75, 3.05) is 5.32 Å². The van der Waals surface area contributed by atoms with Gasteiger partial charge >= 0.3 is 18.1 Å². The predicted octanol–water partition coefficient (Wildman–Crippen LogP) is 9.13.